The van der Waals surface area contributed by atoms with Crippen molar-refractivity contribution in [1.29, 1.82) is 0 Å². The number of aromatic nitrogens is 1. The number of para-hydroxylation sites is 3. The summed E-state index contributed by atoms with van der Waals surface area (Å²) < 4.78 is 16.8. The Morgan fingerprint density at radius 2 is 1.14 bits per heavy atom. The van der Waals surface area contributed by atoms with E-state index in [2.05, 4.69) is 228 Å². The standard InChI is InChI=1S/C61H40N2O2/c1-3-17-39(18-4-1)40-19-15-22-42(37-40)62(43-33-35-54-48(38-43)46-25-10-14-30-53(46)63(54)41-20-5-2-6-21-41)55-31-16-32-56-59(55)64-57-36-34-52-58(60(57)65-56)47-26-9-13-29-51(47)61(52)49-27-11-7-23-44(49)45-24-8-12-28-50(45)61/h1-17,19-39H,18H2. The minimum absolute atomic E-state index is 0.288. The van der Waals surface area contributed by atoms with E-state index < -0.39 is 5.41 Å². The van der Waals surface area contributed by atoms with E-state index >= 15 is 0 Å². The van der Waals surface area contributed by atoms with Gasteiger partial charge in [0.1, 0.15) is 0 Å². The van der Waals surface area contributed by atoms with Crippen LogP contribution in [0.15, 0.2) is 224 Å². The van der Waals surface area contributed by atoms with E-state index in [1.165, 1.54) is 60.8 Å². The van der Waals surface area contributed by atoms with E-state index in [9.17, 15) is 0 Å². The lowest BCUT2D eigenvalue weighted by Gasteiger charge is -2.32. The Balaban J connectivity index is 0.955. The highest BCUT2D eigenvalue weighted by molar-refractivity contribution is 6.11. The molecule has 1 aliphatic heterocycles. The number of fused-ring (bicyclic) bond motifs is 16. The van der Waals surface area contributed by atoms with Gasteiger partial charge in [0.05, 0.1) is 22.1 Å². The van der Waals surface area contributed by atoms with Crippen LogP contribution < -0.4 is 14.4 Å². The predicted octanol–water partition coefficient (Wildman–Crippen LogP) is 16.1. The quantitative estimate of drug-likeness (QED) is 0.173. The molecule has 1 atom stereocenters. The fraction of sp³-hybridized carbons (Fsp3) is 0.0492. The van der Waals surface area contributed by atoms with Crippen molar-refractivity contribution >= 4 is 38.9 Å². The first-order chi connectivity index (χ1) is 32.3. The first kappa shape index (κ1) is 36.2. The Kier molecular flexibility index (Phi) is 7.70. The van der Waals surface area contributed by atoms with Gasteiger partial charge in [-0.05, 0) is 118 Å². The molecular formula is C61H40N2O2. The highest BCUT2D eigenvalue weighted by Crippen LogP contribution is 2.67. The minimum atomic E-state index is -0.479. The van der Waals surface area contributed by atoms with Crippen LogP contribution in [0.1, 0.15) is 40.2 Å². The van der Waals surface area contributed by atoms with Crippen LogP contribution in [0.3, 0.4) is 0 Å². The van der Waals surface area contributed by atoms with Gasteiger partial charge in [-0.3, -0.25) is 0 Å². The molecule has 3 aliphatic carbocycles. The number of benzene rings is 9. The van der Waals surface area contributed by atoms with Gasteiger partial charge in [-0.15, -0.1) is 0 Å². The minimum Gasteiger partial charge on any atom is -0.449 e. The van der Waals surface area contributed by atoms with Crippen LogP contribution in [0.2, 0.25) is 0 Å². The smallest absolute Gasteiger partial charge is 0.194 e. The van der Waals surface area contributed by atoms with E-state index in [1.54, 1.807) is 0 Å². The molecule has 0 radical (unpaired) electrons. The molecule has 1 spiro atoms. The van der Waals surface area contributed by atoms with Crippen LogP contribution >= 0.6 is 0 Å². The maximum Gasteiger partial charge on any atom is 0.194 e. The van der Waals surface area contributed by atoms with Gasteiger partial charge in [-0.1, -0.05) is 158 Å². The van der Waals surface area contributed by atoms with E-state index in [4.69, 9.17) is 9.47 Å². The first-order valence-corrected chi connectivity index (χ1v) is 22.5. The molecule has 306 valence electrons. The molecule has 1 aromatic heterocycles. The van der Waals surface area contributed by atoms with Crippen LogP contribution in [0.5, 0.6) is 23.0 Å². The molecular weight excluding hydrogens is 793 g/mol. The number of rotatable bonds is 5. The van der Waals surface area contributed by atoms with Crippen molar-refractivity contribution < 1.29 is 9.47 Å². The monoisotopic (exact) mass is 832 g/mol. The second kappa shape index (κ2) is 13.8. The lowest BCUT2D eigenvalue weighted by Crippen LogP contribution is -2.25. The molecule has 4 aliphatic rings. The Labute approximate surface area is 377 Å². The topological polar surface area (TPSA) is 26.6 Å². The fourth-order valence-electron chi connectivity index (χ4n) is 11.5. The highest BCUT2D eigenvalue weighted by atomic mass is 16.6. The molecule has 1 unspecified atom stereocenters. The third-order valence-electron chi connectivity index (χ3n) is 14.2. The molecule has 4 nitrogen and oxygen atoms in total. The molecule has 4 heteroatoms. The Morgan fingerprint density at radius 1 is 0.477 bits per heavy atom. The average molecular weight is 833 g/mol. The van der Waals surface area contributed by atoms with Crippen molar-refractivity contribution in [1.82, 2.24) is 4.57 Å². The van der Waals surface area contributed by atoms with Gasteiger partial charge in [0.25, 0.3) is 0 Å². The Morgan fingerprint density at radius 3 is 1.94 bits per heavy atom. The van der Waals surface area contributed by atoms with Crippen molar-refractivity contribution in [3.8, 4) is 50.9 Å². The number of ether oxygens (including phenoxy) is 2. The molecule has 0 saturated carbocycles. The molecule has 9 aromatic carbocycles. The van der Waals surface area contributed by atoms with E-state index in [1.807, 2.05) is 6.07 Å². The second-order valence-corrected chi connectivity index (χ2v) is 17.5. The van der Waals surface area contributed by atoms with Crippen LogP contribution in [0, 0.1) is 0 Å². The molecule has 10 aromatic rings. The normalized spacial score (nSPS) is 15.4. The predicted molar refractivity (Wildman–Crippen MR) is 264 cm³/mol. The summed E-state index contributed by atoms with van der Waals surface area (Å²) in [5, 5.41) is 2.37. The van der Waals surface area contributed by atoms with Gasteiger partial charge in [-0.2, -0.15) is 0 Å². The number of hydrogen-bond donors (Lipinski definition) is 0. The summed E-state index contributed by atoms with van der Waals surface area (Å²) in [6.07, 6.45) is 9.81. The summed E-state index contributed by atoms with van der Waals surface area (Å²) in [5.41, 5.74) is 17.1. The molecule has 2 heterocycles. The molecule has 0 amide bonds. The number of allylic oxidation sites excluding steroid dienone is 4. The van der Waals surface area contributed by atoms with E-state index in [0.717, 1.165) is 46.0 Å². The zero-order chi connectivity index (χ0) is 42.6. The SMILES string of the molecule is C1=CCC(c2cccc(N(c3ccc4c(c3)c3ccccc3n4-c3ccccc3)c3cccc4c3Oc3ccc5c(c3O4)-c3ccccc3C53c4ccccc4-c4ccccc43)c2)C=C1. The van der Waals surface area contributed by atoms with Gasteiger partial charge in [0, 0.05) is 39.3 Å². The zero-order valence-electron chi connectivity index (χ0n) is 35.4. The highest BCUT2D eigenvalue weighted by Gasteiger charge is 2.53. The average Bonchev–Trinajstić information content (AvgIpc) is 3.98. The maximum atomic E-state index is 7.25. The molecule has 14 rings (SSSR count). The van der Waals surface area contributed by atoms with Crippen LogP contribution in [0.25, 0.3) is 49.7 Å². The summed E-state index contributed by atoms with van der Waals surface area (Å²) in [4.78, 5) is 2.34. The molecule has 65 heavy (non-hydrogen) atoms. The van der Waals surface area contributed by atoms with E-state index in [-0.39, 0.29) is 5.92 Å². The summed E-state index contributed by atoms with van der Waals surface area (Å²) in [6, 6.07) is 72.5. The molecule has 0 bridgehead atoms. The first-order valence-electron chi connectivity index (χ1n) is 22.5. The number of anilines is 3. The summed E-state index contributed by atoms with van der Waals surface area (Å²) in [6.45, 7) is 0. The Bertz CT molecular complexity index is 3620. The van der Waals surface area contributed by atoms with Gasteiger partial charge >= 0.3 is 0 Å². The largest absolute Gasteiger partial charge is 0.449 e. The molecule has 0 saturated heterocycles. The van der Waals surface area contributed by atoms with Gasteiger partial charge in [0.15, 0.2) is 23.0 Å². The van der Waals surface area contributed by atoms with Crippen LogP contribution in [-0.4, -0.2) is 4.57 Å². The molecule has 0 N–H and O–H groups in total. The number of hydrogen-bond acceptors (Lipinski definition) is 3. The zero-order valence-corrected chi connectivity index (χ0v) is 35.4. The van der Waals surface area contributed by atoms with Crippen molar-refractivity contribution in [2.45, 2.75) is 17.8 Å². The number of nitrogens with zero attached hydrogens (tertiary/aromatic N) is 2. The van der Waals surface area contributed by atoms with Crippen molar-refractivity contribution in [2.24, 2.45) is 0 Å². The van der Waals surface area contributed by atoms with Gasteiger partial charge in [0.2, 0.25) is 0 Å². The van der Waals surface area contributed by atoms with Crippen LogP contribution in [0.4, 0.5) is 17.1 Å². The van der Waals surface area contributed by atoms with Gasteiger partial charge in [-0.25, -0.2) is 0 Å². The lowest BCUT2D eigenvalue weighted by molar-refractivity contribution is 0.361. The van der Waals surface area contributed by atoms with E-state index in [0.29, 0.717) is 17.2 Å². The third kappa shape index (κ3) is 5.08. The fourth-order valence-corrected chi connectivity index (χ4v) is 11.5. The maximum absolute atomic E-state index is 7.25. The van der Waals surface area contributed by atoms with Gasteiger partial charge < -0.3 is 18.9 Å². The van der Waals surface area contributed by atoms with Crippen molar-refractivity contribution in [3.63, 3.8) is 0 Å². The van der Waals surface area contributed by atoms with Crippen molar-refractivity contribution in [3.05, 3.63) is 252 Å². The third-order valence-corrected chi connectivity index (χ3v) is 14.2. The second-order valence-electron chi connectivity index (χ2n) is 17.5. The summed E-state index contributed by atoms with van der Waals surface area (Å²) in [7, 11) is 0. The van der Waals surface area contributed by atoms with Crippen LogP contribution in [-0.2, 0) is 5.41 Å². The molecule has 0 fully saturated rings. The summed E-state index contributed by atoms with van der Waals surface area (Å²) >= 11 is 0. The Hall–Kier alpha value is -8.34. The lowest BCUT2D eigenvalue weighted by atomic mass is 9.70. The van der Waals surface area contributed by atoms with Crippen molar-refractivity contribution in [2.75, 3.05) is 4.90 Å². The summed E-state index contributed by atoms with van der Waals surface area (Å²) in [5.74, 6) is 3.09.